The highest BCUT2D eigenvalue weighted by molar-refractivity contribution is 5.70. The summed E-state index contributed by atoms with van der Waals surface area (Å²) in [6, 6.07) is 8.25. The van der Waals surface area contributed by atoms with Gasteiger partial charge < -0.3 is 15.2 Å². The van der Waals surface area contributed by atoms with Crippen molar-refractivity contribution in [2.75, 3.05) is 13.7 Å². The molecule has 2 atom stereocenters. The van der Waals surface area contributed by atoms with E-state index in [1.807, 2.05) is 18.2 Å². The average molecular weight is 235 g/mol. The highest BCUT2D eigenvalue weighted by Gasteiger charge is 2.29. The number of hydrogen-bond acceptors (Lipinski definition) is 3. The zero-order chi connectivity index (χ0) is 12.3. The fraction of sp³-hybridized carbons (Fsp3) is 0.462. The number of hydrogen-bond donors (Lipinski definition) is 2. The minimum atomic E-state index is -0.715. The Kier molecular flexibility index (Phi) is 3.76. The smallest absolute Gasteiger partial charge is 0.307 e. The fourth-order valence-electron chi connectivity index (χ4n) is 2.24. The summed E-state index contributed by atoms with van der Waals surface area (Å²) >= 11 is 0. The molecule has 2 N–H and O–H groups in total. The van der Waals surface area contributed by atoms with Crippen molar-refractivity contribution in [2.45, 2.75) is 19.1 Å². The van der Waals surface area contributed by atoms with Gasteiger partial charge in [-0.05, 0) is 17.5 Å². The molecule has 1 aliphatic rings. The molecule has 0 bridgehead atoms. The summed E-state index contributed by atoms with van der Waals surface area (Å²) in [7, 11) is 1.67. The zero-order valence-corrected chi connectivity index (χ0v) is 9.85. The van der Waals surface area contributed by atoms with Crippen LogP contribution < -0.4 is 5.32 Å². The van der Waals surface area contributed by atoms with Crippen LogP contribution in [-0.4, -0.2) is 24.7 Å². The van der Waals surface area contributed by atoms with Gasteiger partial charge in [0, 0.05) is 19.7 Å². The number of benzene rings is 1. The van der Waals surface area contributed by atoms with E-state index < -0.39 is 5.97 Å². The van der Waals surface area contributed by atoms with Crippen molar-refractivity contribution in [2.24, 2.45) is 5.92 Å². The largest absolute Gasteiger partial charge is 0.481 e. The second-order valence-electron chi connectivity index (χ2n) is 4.41. The predicted octanol–water partition coefficient (Wildman–Crippen LogP) is 1.57. The van der Waals surface area contributed by atoms with Gasteiger partial charge in [0.1, 0.15) is 0 Å². The number of carboxylic acids is 1. The lowest BCUT2D eigenvalue weighted by Gasteiger charge is -2.12. The number of rotatable bonds is 4. The van der Waals surface area contributed by atoms with Crippen molar-refractivity contribution in [3.63, 3.8) is 0 Å². The van der Waals surface area contributed by atoms with Crippen LogP contribution in [0.1, 0.15) is 23.6 Å². The molecule has 1 aromatic carbocycles. The molecule has 92 valence electrons. The number of ether oxygens (including phenoxy) is 1. The van der Waals surface area contributed by atoms with Crippen molar-refractivity contribution >= 4 is 5.97 Å². The van der Waals surface area contributed by atoms with Crippen molar-refractivity contribution in [1.82, 2.24) is 5.32 Å². The predicted molar refractivity (Wildman–Crippen MR) is 63.6 cm³/mol. The maximum atomic E-state index is 10.9. The van der Waals surface area contributed by atoms with Gasteiger partial charge in [-0.1, -0.05) is 24.3 Å². The van der Waals surface area contributed by atoms with Gasteiger partial charge in [-0.25, -0.2) is 0 Å². The van der Waals surface area contributed by atoms with Gasteiger partial charge >= 0.3 is 5.97 Å². The molecule has 2 unspecified atom stereocenters. The van der Waals surface area contributed by atoms with Crippen LogP contribution in [0.4, 0.5) is 0 Å². The molecule has 0 aliphatic carbocycles. The first-order chi connectivity index (χ1) is 8.20. The van der Waals surface area contributed by atoms with Crippen LogP contribution >= 0.6 is 0 Å². The van der Waals surface area contributed by atoms with E-state index in [4.69, 9.17) is 9.84 Å². The maximum Gasteiger partial charge on any atom is 0.307 e. The van der Waals surface area contributed by atoms with E-state index in [2.05, 4.69) is 11.4 Å². The van der Waals surface area contributed by atoms with Crippen LogP contribution in [0, 0.1) is 5.92 Å². The number of carboxylic acid groups (broad SMARTS) is 1. The van der Waals surface area contributed by atoms with Gasteiger partial charge in [0.05, 0.1) is 12.5 Å². The molecule has 1 aliphatic heterocycles. The number of nitrogens with one attached hydrogen (secondary N) is 1. The molecular weight excluding hydrogens is 218 g/mol. The Balaban J connectivity index is 2.08. The lowest BCUT2D eigenvalue weighted by Crippen LogP contribution is -2.17. The van der Waals surface area contributed by atoms with Crippen LogP contribution in [0.25, 0.3) is 0 Å². The first kappa shape index (κ1) is 12.1. The second-order valence-corrected chi connectivity index (χ2v) is 4.41. The van der Waals surface area contributed by atoms with Gasteiger partial charge in [-0.3, -0.25) is 4.79 Å². The molecule has 1 saturated heterocycles. The molecule has 0 spiro atoms. The summed E-state index contributed by atoms with van der Waals surface area (Å²) in [6.07, 6.45) is 0.659. The second kappa shape index (κ2) is 5.29. The Morgan fingerprint density at radius 3 is 3.06 bits per heavy atom. The highest BCUT2D eigenvalue weighted by Crippen LogP contribution is 2.27. The summed E-state index contributed by atoms with van der Waals surface area (Å²) in [5, 5.41) is 12.2. The van der Waals surface area contributed by atoms with Crippen LogP contribution in [0.3, 0.4) is 0 Å². The van der Waals surface area contributed by atoms with Gasteiger partial charge in [-0.15, -0.1) is 0 Å². The molecule has 0 radical (unpaired) electrons. The highest BCUT2D eigenvalue weighted by atomic mass is 16.5. The third-order valence-corrected chi connectivity index (χ3v) is 3.14. The quantitative estimate of drug-likeness (QED) is 0.831. The zero-order valence-electron chi connectivity index (χ0n) is 9.85. The fourth-order valence-corrected chi connectivity index (χ4v) is 2.24. The standard InChI is InChI=1S/C13H17NO3/c1-17-8-9-3-2-4-10(5-9)12-6-11(7-14-12)13(15)16/h2-5,11-12,14H,6-8H2,1H3,(H,15,16). The van der Waals surface area contributed by atoms with E-state index >= 15 is 0 Å². The summed E-state index contributed by atoms with van der Waals surface area (Å²) in [5.41, 5.74) is 2.26. The van der Waals surface area contributed by atoms with Crippen LogP contribution in [0.15, 0.2) is 24.3 Å². The summed E-state index contributed by atoms with van der Waals surface area (Å²) in [4.78, 5) is 10.9. The molecule has 4 heteroatoms. The van der Waals surface area contributed by atoms with Gasteiger partial charge in [0.25, 0.3) is 0 Å². The normalized spacial score (nSPS) is 23.8. The molecule has 0 aromatic heterocycles. The Morgan fingerprint density at radius 1 is 1.59 bits per heavy atom. The first-order valence-electron chi connectivity index (χ1n) is 5.74. The van der Waals surface area contributed by atoms with E-state index in [9.17, 15) is 4.79 Å². The Hall–Kier alpha value is -1.39. The van der Waals surface area contributed by atoms with Crippen LogP contribution in [-0.2, 0) is 16.1 Å². The van der Waals surface area contributed by atoms with Crippen molar-refractivity contribution in [1.29, 1.82) is 0 Å². The minimum Gasteiger partial charge on any atom is -0.481 e. The Bertz CT molecular complexity index is 405. The van der Waals surface area contributed by atoms with Crippen molar-refractivity contribution in [3.8, 4) is 0 Å². The molecule has 17 heavy (non-hydrogen) atoms. The van der Waals surface area contributed by atoms with E-state index in [-0.39, 0.29) is 12.0 Å². The number of carbonyl (C=O) groups is 1. The van der Waals surface area contributed by atoms with E-state index in [0.29, 0.717) is 19.6 Å². The SMILES string of the molecule is COCc1cccc(C2CC(C(=O)O)CN2)c1. The van der Waals surface area contributed by atoms with Gasteiger partial charge in [0.15, 0.2) is 0 Å². The lowest BCUT2D eigenvalue weighted by molar-refractivity contribution is -0.141. The van der Waals surface area contributed by atoms with E-state index in [0.717, 1.165) is 11.1 Å². The van der Waals surface area contributed by atoms with Crippen LogP contribution in [0.5, 0.6) is 0 Å². The maximum absolute atomic E-state index is 10.9. The molecule has 0 amide bonds. The Labute approximate surface area is 101 Å². The minimum absolute atomic E-state index is 0.146. The third-order valence-electron chi connectivity index (χ3n) is 3.14. The molecule has 4 nitrogen and oxygen atoms in total. The number of aliphatic carboxylic acids is 1. The topological polar surface area (TPSA) is 58.6 Å². The van der Waals surface area contributed by atoms with Gasteiger partial charge in [-0.2, -0.15) is 0 Å². The molecule has 0 saturated carbocycles. The molecular formula is C13H17NO3. The summed E-state index contributed by atoms with van der Waals surface area (Å²) < 4.78 is 5.09. The summed E-state index contributed by atoms with van der Waals surface area (Å²) in [5.74, 6) is -0.987. The van der Waals surface area contributed by atoms with Crippen molar-refractivity contribution < 1.29 is 14.6 Å². The third kappa shape index (κ3) is 2.84. The van der Waals surface area contributed by atoms with E-state index in [1.165, 1.54) is 0 Å². The lowest BCUT2D eigenvalue weighted by atomic mass is 9.99. The molecule has 1 aromatic rings. The van der Waals surface area contributed by atoms with Crippen LogP contribution in [0.2, 0.25) is 0 Å². The molecule has 1 fully saturated rings. The monoisotopic (exact) mass is 235 g/mol. The molecule has 2 rings (SSSR count). The summed E-state index contributed by atoms with van der Waals surface area (Å²) in [6.45, 7) is 1.14. The van der Waals surface area contributed by atoms with E-state index in [1.54, 1.807) is 7.11 Å². The number of methoxy groups -OCH3 is 1. The molecule has 1 heterocycles. The Morgan fingerprint density at radius 2 is 2.41 bits per heavy atom. The first-order valence-corrected chi connectivity index (χ1v) is 5.74. The van der Waals surface area contributed by atoms with Gasteiger partial charge in [0.2, 0.25) is 0 Å². The average Bonchev–Trinajstić information content (AvgIpc) is 2.79. The van der Waals surface area contributed by atoms with Crippen molar-refractivity contribution in [3.05, 3.63) is 35.4 Å².